The number of nitrogens with one attached hydrogen (secondary N) is 1. The van der Waals surface area contributed by atoms with Gasteiger partial charge < -0.3 is 5.32 Å². The molecule has 0 spiro atoms. The summed E-state index contributed by atoms with van der Waals surface area (Å²) in [6, 6.07) is 0.433. The minimum atomic E-state index is 0.433. The second-order valence-corrected chi connectivity index (χ2v) is 3.79. The van der Waals surface area contributed by atoms with Gasteiger partial charge in [-0.25, -0.2) is 0 Å². The van der Waals surface area contributed by atoms with E-state index in [2.05, 4.69) is 37.0 Å². The highest BCUT2D eigenvalue weighted by Crippen LogP contribution is 2.09. The van der Waals surface area contributed by atoms with Crippen molar-refractivity contribution < 1.29 is 0 Å². The second kappa shape index (κ2) is 6.07. The molecule has 80 valence electrons. The van der Waals surface area contributed by atoms with Crippen LogP contribution in [0.5, 0.6) is 0 Å². The van der Waals surface area contributed by atoms with Gasteiger partial charge in [0, 0.05) is 6.04 Å². The van der Waals surface area contributed by atoms with Gasteiger partial charge in [-0.1, -0.05) is 48.1 Å². The molecule has 0 amide bonds. The van der Waals surface area contributed by atoms with Crippen molar-refractivity contribution in [1.29, 1.82) is 0 Å². The van der Waals surface area contributed by atoms with Crippen molar-refractivity contribution in [2.45, 2.75) is 26.3 Å². The van der Waals surface area contributed by atoms with E-state index in [1.165, 1.54) is 11.1 Å². The Balaban J connectivity index is 2.33. The summed E-state index contributed by atoms with van der Waals surface area (Å²) in [6.07, 6.45) is 15.5. The van der Waals surface area contributed by atoms with E-state index in [9.17, 15) is 0 Å². The van der Waals surface area contributed by atoms with Gasteiger partial charge in [0.25, 0.3) is 0 Å². The Morgan fingerprint density at radius 2 is 2.40 bits per heavy atom. The molecule has 0 radical (unpaired) electrons. The average Bonchev–Trinajstić information content (AvgIpc) is 2.26. The van der Waals surface area contributed by atoms with E-state index in [0.717, 1.165) is 6.42 Å². The van der Waals surface area contributed by atoms with E-state index < -0.39 is 0 Å². The van der Waals surface area contributed by atoms with Crippen molar-refractivity contribution >= 4 is 0 Å². The number of allylic oxidation sites excluding steroid dienone is 6. The Bertz CT molecular complexity index is 329. The van der Waals surface area contributed by atoms with Crippen LogP contribution in [0.15, 0.2) is 60.4 Å². The van der Waals surface area contributed by atoms with Crippen LogP contribution in [0, 0.1) is 0 Å². The Kier molecular flexibility index (Phi) is 4.69. The molecule has 0 bridgehead atoms. The van der Waals surface area contributed by atoms with Gasteiger partial charge in [0.05, 0.1) is 0 Å². The van der Waals surface area contributed by atoms with Crippen molar-refractivity contribution in [2.24, 2.45) is 0 Å². The second-order valence-electron chi connectivity index (χ2n) is 3.79. The zero-order valence-electron chi connectivity index (χ0n) is 9.53. The number of rotatable bonds is 4. The van der Waals surface area contributed by atoms with E-state index >= 15 is 0 Å². The van der Waals surface area contributed by atoms with E-state index in [-0.39, 0.29) is 0 Å². The molecule has 1 unspecified atom stereocenters. The zero-order chi connectivity index (χ0) is 11.1. The summed E-state index contributed by atoms with van der Waals surface area (Å²) in [7, 11) is 0. The summed E-state index contributed by atoms with van der Waals surface area (Å²) < 4.78 is 0. The molecule has 0 saturated heterocycles. The lowest BCUT2D eigenvalue weighted by atomic mass is 10.0. The third-order valence-corrected chi connectivity index (χ3v) is 2.37. The maximum absolute atomic E-state index is 3.70. The number of hydrogen-bond donors (Lipinski definition) is 1. The molecule has 1 rings (SSSR count). The Labute approximate surface area is 92.6 Å². The van der Waals surface area contributed by atoms with Gasteiger partial charge in [0.2, 0.25) is 0 Å². The molecular weight excluding hydrogens is 182 g/mol. The fourth-order valence-electron chi connectivity index (χ4n) is 1.30. The molecule has 1 N–H and O–H groups in total. The summed E-state index contributed by atoms with van der Waals surface area (Å²) in [6.45, 7) is 7.85. The minimum Gasteiger partial charge on any atom is -0.384 e. The van der Waals surface area contributed by atoms with Crippen molar-refractivity contribution in [3.63, 3.8) is 0 Å². The Morgan fingerprint density at radius 1 is 1.60 bits per heavy atom. The van der Waals surface area contributed by atoms with Gasteiger partial charge >= 0.3 is 0 Å². The quantitative estimate of drug-likeness (QED) is 0.686. The summed E-state index contributed by atoms with van der Waals surface area (Å²) >= 11 is 0. The topological polar surface area (TPSA) is 12.0 Å². The van der Waals surface area contributed by atoms with E-state index in [4.69, 9.17) is 0 Å². The monoisotopic (exact) mass is 201 g/mol. The molecular formula is C14H19N. The Morgan fingerprint density at radius 3 is 3.00 bits per heavy atom. The molecule has 0 saturated carbocycles. The standard InChI is InChI=1S/C14H19N/c1-4-12(2)6-5-11-15-14-9-7-13(3)8-10-14/h4-9,11,14-15H,1,10H2,2-3H3/b11-5+,12-6-. The molecule has 0 aromatic heterocycles. The molecule has 1 aliphatic rings. The van der Waals surface area contributed by atoms with Crippen LogP contribution in [0.4, 0.5) is 0 Å². The summed E-state index contributed by atoms with van der Waals surface area (Å²) in [5.74, 6) is 0. The smallest absolute Gasteiger partial charge is 0.0476 e. The normalized spacial score (nSPS) is 21.6. The first-order valence-corrected chi connectivity index (χ1v) is 5.29. The first-order valence-electron chi connectivity index (χ1n) is 5.29. The average molecular weight is 201 g/mol. The SMILES string of the molecule is C=C/C(C)=C\C=C\NC1C=CC(C)=CC1. The molecule has 1 aliphatic carbocycles. The molecule has 1 nitrogen and oxygen atoms in total. The summed E-state index contributed by atoms with van der Waals surface area (Å²) in [5, 5.41) is 3.33. The van der Waals surface area contributed by atoms with Crippen LogP contribution in [0.2, 0.25) is 0 Å². The molecule has 0 fully saturated rings. The van der Waals surface area contributed by atoms with E-state index in [1.807, 2.05) is 31.4 Å². The van der Waals surface area contributed by atoms with Gasteiger partial charge in [0.1, 0.15) is 0 Å². The number of hydrogen-bond acceptors (Lipinski definition) is 1. The molecule has 0 aromatic carbocycles. The molecule has 15 heavy (non-hydrogen) atoms. The van der Waals surface area contributed by atoms with Crippen LogP contribution in [0.1, 0.15) is 20.3 Å². The van der Waals surface area contributed by atoms with Crippen molar-refractivity contribution in [3.8, 4) is 0 Å². The Hall–Kier alpha value is -1.50. The van der Waals surface area contributed by atoms with Crippen LogP contribution >= 0.6 is 0 Å². The van der Waals surface area contributed by atoms with Crippen LogP contribution < -0.4 is 5.32 Å². The van der Waals surface area contributed by atoms with Crippen molar-refractivity contribution in [2.75, 3.05) is 0 Å². The van der Waals surface area contributed by atoms with Gasteiger partial charge in [-0.05, 0) is 32.5 Å². The van der Waals surface area contributed by atoms with E-state index in [0.29, 0.717) is 6.04 Å². The van der Waals surface area contributed by atoms with Crippen LogP contribution in [-0.4, -0.2) is 6.04 Å². The van der Waals surface area contributed by atoms with Crippen LogP contribution in [-0.2, 0) is 0 Å². The van der Waals surface area contributed by atoms with Gasteiger partial charge in [0.15, 0.2) is 0 Å². The predicted octanol–water partition coefficient (Wildman–Crippen LogP) is 3.50. The molecule has 1 heteroatoms. The molecule has 0 aromatic rings. The minimum absolute atomic E-state index is 0.433. The first-order chi connectivity index (χ1) is 7.22. The lowest BCUT2D eigenvalue weighted by molar-refractivity contribution is 0.701. The fourth-order valence-corrected chi connectivity index (χ4v) is 1.30. The highest BCUT2D eigenvalue weighted by atomic mass is 14.9. The molecule has 0 heterocycles. The van der Waals surface area contributed by atoms with Crippen molar-refractivity contribution in [3.05, 3.63) is 60.4 Å². The molecule has 1 atom stereocenters. The van der Waals surface area contributed by atoms with Crippen LogP contribution in [0.3, 0.4) is 0 Å². The fraction of sp³-hybridized carbons (Fsp3) is 0.286. The third-order valence-electron chi connectivity index (χ3n) is 2.37. The largest absolute Gasteiger partial charge is 0.384 e. The van der Waals surface area contributed by atoms with Gasteiger partial charge in [-0.15, -0.1) is 0 Å². The molecule has 0 aliphatic heterocycles. The summed E-state index contributed by atoms with van der Waals surface area (Å²) in [5.41, 5.74) is 2.52. The van der Waals surface area contributed by atoms with Gasteiger partial charge in [-0.3, -0.25) is 0 Å². The maximum Gasteiger partial charge on any atom is 0.0476 e. The lowest BCUT2D eigenvalue weighted by Crippen LogP contribution is -2.22. The highest BCUT2D eigenvalue weighted by molar-refractivity contribution is 5.24. The predicted molar refractivity (Wildman–Crippen MR) is 67.5 cm³/mol. The summed E-state index contributed by atoms with van der Waals surface area (Å²) in [4.78, 5) is 0. The highest BCUT2D eigenvalue weighted by Gasteiger charge is 2.02. The third kappa shape index (κ3) is 4.50. The van der Waals surface area contributed by atoms with Crippen LogP contribution in [0.25, 0.3) is 0 Å². The van der Waals surface area contributed by atoms with E-state index in [1.54, 1.807) is 0 Å². The van der Waals surface area contributed by atoms with Gasteiger partial charge in [-0.2, -0.15) is 0 Å². The first kappa shape index (κ1) is 11.6. The lowest BCUT2D eigenvalue weighted by Gasteiger charge is -2.14. The maximum atomic E-state index is 3.70. The van der Waals surface area contributed by atoms with Crippen molar-refractivity contribution in [1.82, 2.24) is 5.32 Å². The zero-order valence-corrected chi connectivity index (χ0v) is 9.53.